The zero-order chi connectivity index (χ0) is 20.8. The molecule has 0 aliphatic heterocycles. The molecule has 0 saturated carbocycles. The molecule has 6 heteroatoms. The van der Waals surface area contributed by atoms with E-state index >= 15 is 0 Å². The summed E-state index contributed by atoms with van der Waals surface area (Å²) in [4.78, 5) is 31.7. The molecule has 0 bridgehead atoms. The van der Waals surface area contributed by atoms with Gasteiger partial charge in [0.05, 0.1) is 23.6 Å². The number of hydrogen-bond acceptors (Lipinski definition) is 5. The number of ether oxygens (including phenoxy) is 1. The summed E-state index contributed by atoms with van der Waals surface area (Å²) in [6.45, 7) is 3.56. The average molecular weight is 387 g/mol. The van der Waals surface area contributed by atoms with Crippen molar-refractivity contribution in [3.8, 4) is 6.07 Å². The van der Waals surface area contributed by atoms with Crippen molar-refractivity contribution < 1.29 is 14.3 Å². The lowest BCUT2D eigenvalue weighted by molar-refractivity contribution is -0.126. The molecule has 1 amide bonds. The maximum atomic E-state index is 13.0. The van der Waals surface area contributed by atoms with Crippen molar-refractivity contribution in [3.05, 3.63) is 71.9 Å². The normalized spacial score (nSPS) is 11.5. The van der Waals surface area contributed by atoms with Gasteiger partial charge in [0.2, 0.25) is 0 Å². The van der Waals surface area contributed by atoms with Gasteiger partial charge in [-0.3, -0.25) is 9.78 Å². The summed E-state index contributed by atoms with van der Waals surface area (Å²) >= 11 is 0. The van der Waals surface area contributed by atoms with Crippen molar-refractivity contribution in [3.63, 3.8) is 0 Å². The second-order valence-electron chi connectivity index (χ2n) is 6.61. The molecular formula is C23H21N3O3. The van der Waals surface area contributed by atoms with E-state index in [0.717, 1.165) is 0 Å². The SMILES string of the molecule is Cc1cc(C(=O)O[C@@H](C)C(=O)N(CCC#N)c2ccccc2)c2ccccc2n1. The molecule has 1 atom stereocenters. The van der Waals surface area contributed by atoms with Crippen molar-refractivity contribution in [1.82, 2.24) is 4.98 Å². The number of benzene rings is 2. The zero-order valence-corrected chi connectivity index (χ0v) is 16.3. The number of fused-ring (bicyclic) bond motifs is 1. The zero-order valence-electron chi connectivity index (χ0n) is 16.3. The molecule has 1 heterocycles. The van der Waals surface area contributed by atoms with Crippen LogP contribution in [0.3, 0.4) is 0 Å². The number of anilines is 1. The van der Waals surface area contributed by atoms with Gasteiger partial charge in [-0.25, -0.2) is 4.79 Å². The number of carbonyl (C=O) groups is 2. The Morgan fingerprint density at radius 3 is 2.55 bits per heavy atom. The summed E-state index contributed by atoms with van der Waals surface area (Å²) in [6, 6.07) is 20.0. The molecule has 6 nitrogen and oxygen atoms in total. The Bertz CT molecular complexity index is 1070. The van der Waals surface area contributed by atoms with Gasteiger partial charge in [-0.2, -0.15) is 5.26 Å². The number of nitrogens with zero attached hydrogens (tertiary/aromatic N) is 3. The van der Waals surface area contributed by atoms with Gasteiger partial charge in [-0.15, -0.1) is 0 Å². The third kappa shape index (κ3) is 4.58. The number of nitriles is 1. The van der Waals surface area contributed by atoms with Crippen LogP contribution in [-0.4, -0.2) is 29.5 Å². The van der Waals surface area contributed by atoms with E-state index in [-0.39, 0.29) is 18.9 Å². The van der Waals surface area contributed by atoms with E-state index < -0.39 is 12.1 Å². The van der Waals surface area contributed by atoms with Gasteiger partial charge < -0.3 is 9.64 Å². The van der Waals surface area contributed by atoms with E-state index in [2.05, 4.69) is 4.98 Å². The molecular weight excluding hydrogens is 366 g/mol. The lowest BCUT2D eigenvalue weighted by atomic mass is 10.1. The van der Waals surface area contributed by atoms with Crippen LogP contribution >= 0.6 is 0 Å². The Morgan fingerprint density at radius 1 is 1.14 bits per heavy atom. The Labute approximate surface area is 169 Å². The molecule has 0 unspecified atom stereocenters. The van der Waals surface area contributed by atoms with Crippen LogP contribution in [0.4, 0.5) is 5.69 Å². The second-order valence-corrected chi connectivity index (χ2v) is 6.61. The van der Waals surface area contributed by atoms with Crippen molar-refractivity contribution >= 4 is 28.5 Å². The van der Waals surface area contributed by atoms with Crippen LogP contribution in [0.2, 0.25) is 0 Å². The number of rotatable bonds is 6. The fourth-order valence-corrected chi connectivity index (χ4v) is 3.11. The summed E-state index contributed by atoms with van der Waals surface area (Å²) in [7, 11) is 0. The fraction of sp³-hybridized carbons (Fsp3) is 0.217. The molecule has 0 aliphatic carbocycles. The summed E-state index contributed by atoms with van der Waals surface area (Å²) in [5.74, 6) is -0.962. The first-order valence-corrected chi connectivity index (χ1v) is 9.32. The van der Waals surface area contributed by atoms with Gasteiger partial charge in [0.25, 0.3) is 5.91 Å². The van der Waals surface area contributed by atoms with Crippen molar-refractivity contribution in [2.45, 2.75) is 26.4 Å². The van der Waals surface area contributed by atoms with Gasteiger partial charge in [0, 0.05) is 23.3 Å². The second kappa shape index (κ2) is 8.98. The molecule has 29 heavy (non-hydrogen) atoms. The first-order chi connectivity index (χ1) is 14.0. The Kier molecular flexibility index (Phi) is 6.20. The Morgan fingerprint density at radius 2 is 1.83 bits per heavy atom. The van der Waals surface area contributed by atoms with E-state index in [1.54, 1.807) is 38.1 Å². The molecule has 0 radical (unpaired) electrons. The van der Waals surface area contributed by atoms with E-state index in [9.17, 15) is 9.59 Å². The summed E-state index contributed by atoms with van der Waals surface area (Å²) in [5, 5.41) is 9.60. The maximum absolute atomic E-state index is 13.0. The van der Waals surface area contributed by atoms with E-state index in [1.165, 1.54) is 4.90 Å². The van der Waals surface area contributed by atoms with Crippen molar-refractivity contribution in [1.29, 1.82) is 5.26 Å². The van der Waals surface area contributed by atoms with Gasteiger partial charge >= 0.3 is 5.97 Å². The molecule has 0 saturated heterocycles. The van der Waals surface area contributed by atoms with Crippen LogP contribution in [0.15, 0.2) is 60.7 Å². The fourth-order valence-electron chi connectivity index (χ4n) is 3.11. The summed E-state index contributed by atoms with van der Waals surface area (Å²) in [5.41, 5.74) is 2.41. The third-order valence-corrected chi connectivity index (χ3v) is 4.48. The monoisotopic (exact) mass is 387 g/mol. The molecule has 0 N–H and O–H groups in total. The van der Waals surface area contributed by atoms with Crippen LogP contribution in [0, 0.1) is 18.3 Å². The highest BCUT2D eigenvalue weighted by molar-refractivity contribution is 6.05. The maximum Gasteiger partial charge on any atom is 0.339 e. The van der Waals surface area contributed by atoms with Gasteiger partial charge in [-0.05, 0) is 38.1 Å². The first kappa shape index (κ1) is 20.0. The van der Waals surface area contributed by atoms with Crippen LogP contribution in [0.5, 0.6) is 0 Å². The number of carbonyl (C=O) groups excluding carboxylic acids is 2. The van der Waals surface area contributed by atoms with Crippen molar-refractivity contribution in [2.24, 2.45) is 0 Å². The quantitative estimate of drug-likeness (QED) is 0.596. The van der Waals surface area contributed by atoms with Crippen LogP contribution in [0.25, 0.3) is 10.9 Å². The number of hydrogen-bond donors (Lipinski definition) is 0. The predicted octanol–water partition coefficient (Wildman–Crippen LogP) is 4.04. The molecule has 3 aromatic rings. The number of pyridine rings is 1. The molecule has 0 fully saturated rings. The standard InChI is InChI=1S/C23H21N3O3/c1-16-15-20(19-11-6-7-12-21(19)25-16)23(28)29-17(2)22(27)26(14-8-13-24)18-9-4-3-5-10-18/h3-7,9-12,15,17H,8,14H2,1-2H3/t17-/m0/s1. The summed E-state index contributed by atoms with van der Waals surface area (Å²) < 4.78 is 5.50. The number of para-hydroxylation sites is 2. The van der Waals surface area contributed by atoms with Gasteiger partial charge in [0.15, 0.2) is 6.10 Å². The van der Waals surface area contributed by atoms with E-state index in [0.29, 0.717) is 27.8 Å². The molecule has 0 spiro atoms. The van der Waals surface area contributed by atoms with E-state index in [1.807, 2.05) is 42.5 Å². The Hall–Kier alpha value is -3.72. The lowest BCUT2D eigenvalue weighted by Gasteiger charge is -2.25. The lowest BCUT2D eigenvalue weighted by Crippen LogP contribution is -2.40. The average Bonchev–Trinajstić information content (AvgIpc) is 2.73. The highest BCUT2D eigenvalue weighted by Gasteiger charge is 2.26. The van der Waals surface area contributed by atoms with Crippen LogP contribution in [-0.2, 0) is 9.53 Å². The summed E-state index contributed by atoms with van der Waals surface area (Å²) in [6.07, 6.45) is -0.830. The molecule has 3 rings (SSSR count). The third-order valence-electron chi connectivity index (χ3n) is 4.48. The largest absolute Gasteiger partial charge is 0.449 e. The molecule has 2 aromatic carbocycles. The van der Waals surface area contributed by atoms with Crippen LogP contribution in [0.1, 0.15) is 29.4 Å². The van der Waals surface area contributed by atoms with Gasteiger partial charge in [-0.1, -0.05) is 36.4 Å². The Balaban J connectivity index is 1.83. The molecule has 0 aliphatic rings. The van der Waals surface area contributed by atoms with Gasteiger partial charge in [0.1, 0.15) is 0 Å². The first-order valence-electron chi connectivity index (χ1n) is 9.32. The number of aryl methyl sites for hydroxylation is 1. The molecule has 146 valence electrons. The van der Waals surface area contributed by atoms with E-state index in [4.69, 9.17) is 10.00 Å². The number of aromatic nitrogens is 1. The molecule has 1 aromatic heterocycles. The smallest absolute Gasteiger partial charge is 0.339 e. The predicted molar refractivity (Wildman–Crippen MR) is 110 cm³/mol. The highest BCUT2D eigenvalue weighted by atomic mass is 16.5. The topological polar surface area (TPSA) is 83.3 Å². The van der Waals surface area contributed by atoms with Crippen molar-refractivity contribution in [2.75, 3.05) is 11.4 Å². The minimum atomic E-state index is -1.01. The number of amides is 1. The number of esters is 1. The minimum Gasteiger partial charge on any atom is -0.449 e. The highest BCUT2D eigenvalue weighted by Crippen LogP contribution is 2.21. The minimum absolute atomic E-state index is 0.176. The van der Waals surface area contributed by atoms with Crippen LogP contribution < -0.4 is 4.90 Å².